The van der Waals surface area contributed by atoms with E-state index >= 15 is 0 Å². The third-order valence-electron chi connectivity index (χ3n) is 1.34. The van der Waals surface area contributed by atoms with Gasteiger partial charge >= 0.3 is 11.8 Å². The van der Waals surface area contributed by atoms with Crippen LogP contribution in [0, 0.1) is 0 Å². The number of alkyl halides is 4. The third-order valence-corrected chi connectivity index (χ3v) is 2.12. The molecule has 0 aromatic heterocycles. The Balaban J connectivity index is 4.38. The highest BCUT2D eigenvalue weighted by atomic mass is 32.2. The molecular weight excluding hydrogens is 214 g/mol. The van der Waals surface area contributed by atoms with Gasteiger partial charge in [-0.25, -0.2) is 22.3 Å². The van der Waals surface area contributed by atoms with Gasteiger partial charge in [-0.2, -0.15) is 8.78 Å². The summed E-state index contributed by atoms with van der Waals surface area (Å²) in [4.78, 5) is 0. The van der Waals surface area contributed by atoms with Gasteiger partial charge in [-0.05, 0) is 0 Å². The Kier molecular flexibility index (Phi) is 3.31. The molecule has 0 heterocycles. The van der Waals surface area contributed by atoms with Crippen LogP contribution in [-0.4, -0.2) is 26.0 Å². The molecule has 0 aliphatic rings. The van der Waals surface area contributed by atoms with Crippen LogP contribution in [0.25, 0.3) is 0 Å². The van der Waals surface area contributed by atoms with E-state index in [1.54, 1.807) is 0 Å². The average molecular weight is 223 g/mol. The maximum absolute atomic E-state index is 12.4. The van der Waals surface area contributed by atoms with Crippen LogP contribution in [0.2, 0.25) is 0 Å². The third kappa shape index (κ3) is 4.41. The van der Waals surface area contributed by atoms with Crippen LogP contribution in [0.3, 0.4) is 0 Å². The molecule has 0 bridgehead atoms. The zero-order valence-electron chi connectivity index (χ0n) is 6.73. The lowest BCUT2D eigenvalue weighted by Crippen LogP contribution is -2.39. The molecule has 0 spiro atoms. The van der Waals surface area contributed by atoms with Gasteiger partial charge in [-0.1, -0.05) is 0 Å². The Bertz CT molecular complexity index is 269. The lowest BCUT2D eigenvalue weighted by atomic mass is 10.1. The number of halogens is 4. The second-order valence-electron chi connectivity index (χ2n) is 2.71. The second kappa shape index (κ2) is 3.41. The Morgan fingerprint density at radius 3 is 1.85 bits per heavy atom. The van der Waals surface area contributed by atoms with E-state index in [-0.39, 0.29) is 6.92 Å². The first kappa shape index (κ1) is 12.6. The van der Waals surface area contributed by atoms with Gasteiger partial charge in [0.2, 0.25) is 10.0 Å². The van der Waals surface area contributed by atoms with Crippen molar-refractivity contribution in [1.82, 2.24) is 0 Å². The van der Waals surface area contributed by atoms with Crippen LogP contribution in [0.15, 0.2) is 0 Å². The molecule has 0 aromatic rings. The maximum atomic E-state index is 12.4. The molecule has 0 aliphatic heterocycles. The van der Waals surface area contributed by atoms with E-state index in [0.29, 0.717) is 0 Å². The minimum absolute atomic E-state index is 0.0239. The predicted octanol–water partition coefficient (Wildman–Crippen LogP) is 0.956. The van der Waals surface area contributed by atoms with E-state index in [2.05, 4.69) is 5.14 Å². The molecule has 0 atom stereocenters. The van der Waals surface area contributed by atoms with Gasteiger partial charge in [0, 0.05) is 13.3 Å². The van der Waals surface area contributed by atoms with Crippen LogP contribution in [0.4, 0.5) is 17.6 Å². The first-order valence-corrected chi connectivity index (χ1v) is 4.93. The fourth-order valence-electron chi connectivity index (χ4n) is 0.490. The van der Waals surface area contributed by atoms with Gasteiger partial charge in [-0.3, -0.25) is 0 Å². The van der Waals surface area contributed by atoms with E-state index in [9.17, 15) is 26.0 Å². The topological polar surface area (TPSA) is 60.2 Å². The SMILES string of the molecule is CC(F)(F)C(F)(F)CCS(N)(=O)=O. The Hall–Kier alpha value is -0.370. The summed E-state index contributed by atoms with van der Waals surface area (Å²) in [5, 5.41) is 4.38. The molecule has 0 aliphatic carbocycles. The van der Waals surface area contributed by atoms with Crippen molar-refractivity contribution in [3.63, 3.8) is 0 Å². The van der Waals surface area contributed by atoms with Crippen LogP contribution in [0.1, 0.15) is 13.3 Å². The highest BCUT2D eigenvalue weighted by Gasteiger charge is 2.51. The van der Waals surface area contributed by atoms with E-state index < -0.39 is 34.0 Å². The summed E-state index contributed by atoms with van der Waals surface area (Å²) in [6.45, 7) is 0.0239. The number of nitrogens with two attached hydrogens (primary N) is 1. The summed E-state index contributed by atoms with van der Waals surface area (Å²) in [5.74, 6) is -9.75. The fraction of sp³-hybridized carbons (Fsp3) is 1.00. The number of sulfonamides is 1. The summed E-state index contributed by atoms with van der Waals surface area (Å²) < 4.78 is 69.4. The van der Waals surface area contributed by atoms with Crippen molar-refractivity contribution in [2.24, 2.45) is 5.14 Å². The van der Waals surface area contributed by atoms with Crippen molar-refractivity contribution in [2.45, 2.75) is 25.2 Å². The lowest BCUT2D eigenvalue weighted by molar-refractivity contribution is -0.197. The maximum Gasteiger partial charge on any atom is 0.310 e. The van der Waals surface area contributed by atoms with Crippen molar-refractivity contribution < 1.29 is 26.0 Å². The van der Waals surface area contributed by atoms with Crippen LogP contribution >= 0.6 is 0 Å². The minimum atomic E-state index is -4.35. The van der Waals surface area contributed by atoms with Crippen molar-refractivity contribution in [3.8, 4) is 0 Å². The monoisotopic (exact) mass is 223 g/mol. The second-order valence-corrected chi connectivity index (χ2v) is 4.44. The van der Waals surface area contributed by atoms with Crippen LogP contribution < -0.4 is 5.14 Å². The van der Waals surface area contributed by atoms with Gasteiger partial charge in [-0.15, -0.1) is 0 Å². The number of rotatable bonds is 4. The molecule has 13 heavy (non-hydrogen) atoms. The van der Waals surface area contributed by atoms with Gasteiger partial charge < -0.3 is 0 Å². The molecule has 0 saturated carbocycles. The highest BCUT2D eigenvalue weighted by molar-refractivity contribution is 7.89. The average Bonchev–Trinajstić information content (AvgIpc) is 1.79. The van der Waals surface area contributed by atoms with Crippen molar-refractivity contribution in [1.29, 1.82) is 0 Å². The lowest BCUT2D eigenvalue weighted by Gasteiger charge is -2.22. The molecular formula is C5H9F4NO2S. The largest absolute Gasteiger partial charge is 0.310 e. The van der Waals surface area contributed by atoms with Crippen molar-refractivity contribution >= 4 is 10.0 Å². The zero-order valence-corrected chi connectivity index (χ0v) is 7.54. The normalized spacial score (nSPS) is 14.6. The molecule has 0 aromatic carbocycles. The smallest absolute Gasteiger partial charge is 0.229 e. The number of hydrogen-bond acceptors (Lipinski definition) is 2. The molecule has 0 saturated heterocycles. The van der Waals surface area contributed by atoms with Crippen LogP contribution in [-0.2, 0) is 10.0 Å². The number of primary sulfonamides is 1. The molecule has 0 unspecified atom stereocenters. The first-order valence-electron chi connectivity index (χ1n) is 3.22. The zero-order chi connectivity index (χ0) is 10.9. The molecule has 80 valence electrons. The quantitative estimate of drug-likeness (QED) is 0.721. The van der Waals surface area contributed by atoms with Gasteiger partial charge in [0.15, 0.2) is 0 Å². The minimum Gasteiger partial charge on any atom is -0.229 e. The van der Waals surface area contributed by atoms with Gasteiger partial charge in [0.05, 0.1) is 5.75 Å². The Morgan fingerprint density at radius 1 is 1.23 bits per heavy atom. The Labute approximate surface area is 73.0 Å². The van der Waals surface area contributed by atoms with E-state index in [4.69, 9.17) is 0 Å². The van der Waals surface area contributed by atoms with Crippen molar-refractivity contribution in [3.05, 3.63) is 0 Å². The summed E-state index contributed by atoms with van der Waals surface area (Å²) in [6, 6.07) is 0. The molecule has 0 radical (unpaired) electrons. The van der Waals surface area contributed by atoms with E-state index in [1.165, 1.54) is 0 Å². The van der Waals surface area contributed by atoms with E-state index in [1.807, 2.05) is 0 Å². The predicted molar refractivity (Wildman–Crippen MR) is 38.2 cm³/mol. The summed E-state index contributed by atoms with van der Waals surface area (Å²) >= 11 is 0. The van der Waals surface area contributed by atoms with Gasteiger partial charge in [0.25, 0.3) is 0 Å². The Morgan fingerprint density at radius 2 is 1.62 bits per heavy atom. The van der Waals surface area contributed by atoms with E-state index in [0.717, 1.165) is 0 Å². The van der Waals surface area contributed by atoms with Crippen molar-refractivity contribution in [2.75, 3.05) is 5.75 Å². The molecule has 3 nitrogen and oxygen atoms in total. The standard InChI is InChI=1S/C5H9F4NO2S/c1-4(6,7)5(8,9)2-3-13(10,11)12/h2-3H2,1H3,(H2,10,11,12). The molecule has 2 N–H and O–H groups in total. The molecule has 0 amide bonds. The summed E-state index contributed by atoms with van der Waals surface area (Å²) in [7, 11) is -4.13. The first-order chi connectivity index (χ1) is 5.46. The fourth-order valence-corrected chi connectivity index (χ4v) is 1.03. The molecule has 0 rings (SSSR count). The number of hydrogen-bond donors (Lipinski definition) is 1. The van der Waals surface area contributed by atoms with Crippen LogP contribution in [0.5, 0.6) is 0 Å². The highest BCUT2D eigenvalue weighted by Crippen LogP contribution is 2.36. The molecule has 8 heteroatoms. The summed E-state index contributed by atoms with van der Waals surface area (Å²) in [5.41, 5.74) is 0. The summed E-state index contributed by atoms with van der Waals surface area (Å²) in [6.07, 6.45) is -1.48. The molecule has 0 fully saturated rings. The van der Waals surface area contributed by atoms with Gasteiger partial charge in [0.1, 0.15) is 0 Å².